The Labute approximate surface area is 188 Å². The van der Waals surface area contributed by atoms with Gasteiger partial charge in [0, 0.05) is 26.1 Å². The maximum Gasteiger partial charge on any atom is 0.330 e. The lowest BCUT2D eigenvalue weighted by atomic mass is 9.74. The van der Waals surface area contributed by atoms with Gasteiger partial charge in [-0.15, -0.1) is 0 Å². The number of hydrogen-bond acceptors (Lipinski definition) is 8. The van der Waals surface area contributed by atoms with Gasteiger partial charge in [0.2, 0.25) is 0 Å². The summed E-state index contributed by atoms with van der Waals surface area (Å²) < 4.78 is 24.7. The molecular weight excluding hydrogens is 432 g/mol. The van der Waals surface area contributed by atoms with Crippen molar-refractivity contribution in [2.45, 2.75) is 57.5 Å². The van der Waals surface area contributed by atoms with Crippen LogP contribution in [0.1, 0.15) is 32.6 Å². The number of aromatic amines is 1. The first-order valence-corrected chi connectivity index (χ1v) is 10.4. The van der Waals surface area contributed by atoms with Gasteiger partial charge in [0.1, 0.15) is 6.10 Å². The van der Waals surface area contributed by atoms with Crippen LogP contribution < -0.4 is 11.2 Å². The van der Waals surface area contributed by atoms with E-state index < -0.39 is 53.3 Å². The second-order valence-electron chi connectivity index (χ2n) is 8.05. The third-order valence-electron chi connectivity index (χ3n) is 5.61. The molecule has 2 aliphatic rings. The van der Waals surface area contributed by atoms with E-state index in [0.717, 1.165) is 21.8 Å². The number of carbonyl (C=O) groups excluding carboxylic acids is 2. The summed E-state index contributed by atoms with van der Waals surface area (Å²) in [7, 11) is 0. The minimum atomic E-state index is -1.30. The summed E-state index contributed by atoms with van der Waals surface area (Å²) in [6.45, 7) is 4.44. The second kappa shape index (κ2) is 8.80. The van der Waals surface area contributed by atoms with Gasteiger partial charge in [0.25, 0.3) is 5.56 Å². The average molecular weight is 456 g/mol. The molecule has 4 rings (SSSR count). The smallest absolute Gasteiger partial charge is 0.330 e. The Morgan fingerprint density at radius 2 is 1.79 bits per heavy atom. The molecule has 2 heterocycles. The predicted octanol–water partition coefficient (Wildman–Crippen LogP) is 1.21. The molecule has 1 fully saturated rings. The standard InChI is InChI=1S/C23H24N2O8/c1-13-11-23(19(13)32-15(3)27)20(30-12-16-7-5-4-6-8-16)18(31-14(2)26)21(33-23)25-10-9-17(28)24-22(25)29/h4-11,18-21H,12H2,1-3H3,(H,24,28,29)/t18-,19+,20-,21+,23-/m1/s1. The minimum absolute atomic E-state index is 0.154. The van der Waals surface area contributed by atoms with Crippen LogP contribution in [0.4, 0.5) is 0 Å². The number of nitrogens with one attached hydrogen (secondary N) is 1. The van der Waals surface area contributed by atoms with Gasteiger partial charge in [0.05, 0.1) is 6.61 Å². The van der Waals surface area contributed by atoms with Gasteiger partial charge < -0.3 is 18.9 Å². The normalized spacial score (nSPS) is 28.2. The maximum atomic E-state index is 12.5. The number of rotatable bonds is 6. The summed E-state index contributed by atoms with van der Waals surface area (Å²) in [6.07, 6.45) is -0.941. The van der Waals surface area contributed by atoms with Crippen molar-refractivity contribution >= 4 is 11.9 Å². The topological polar surface area (TPSA) is 126 Å². The van der Waals surface area contributed by atoms with Crippen molar-refractivity contribution in [3.05, 3.63) is 80.6 Å². The number of hydrogen-bond donors (Lipinski definition) is 1. The van der Waals surface area contributed by atoms with Gasteiger partial charge in [-0.3, -0.25) is 23.9 Å². The van der Waals surface area contributed by atoms with E-state index in [1.165, 1.54) is 20.0 Å². The second-order valence-corrected chi connectivity index (χ2v) is 8.05. The minimum Gasteiger partial charge on any atom is -0.455 e. The molecule has 1 aliphatic carbocycles. The van der Waals surface area contributed by atoms with Gasteiger partial charge in [0.15, 0.2) is 24.0 Å². The van der Waals surface area contributed by atoms with Crippen LogP contribution in [0.3, 0.4) is 0 Å². The Bertz CT molecular complexity index is 1200. The molecule has 5 atom stereocenters. The fourth-order valence-corrected chi connectivity index (χ4v) is 4.33. The van der Waals surface area contributed by atoms with Crippen molar-refractivity contribution in [2.24, 2.45) is 0 Å². The van der Waals surface area contributed by atoms with Gasteiger partial charge in [-0.1, -0.05) is 30.3 Å². The Morgan fingerprint density at radius 3 is 2.39 bits per heavy atom. The van der Waals surface area contributed by atoms with Crippen LogP contribution in [0.5, 0.6) is 0 Å². The summed E-state index contributed by atoms with van der Waals surface area (Å²) in [4.78, 5) is 50.1. The first-order valence-electron chi connectivity index (χ1n) is 10.4. The largest absolute Gasteiger partial charge is 0.455 e. The molecule has 0 unspecified atom stereocenters. The molecule has 1 N–H and O–H groups in total. The lowest BCUT2D eigenvalue weighted by Gasteiger charge is -2.45. The maximum absolute atomic E-state index is 12.5. The number of carbonyl (C=O) groups is 2. The first-order chi connectivity index (χ1) is 15.7. The third kappa shape index (κ3) is 4.27. The highest BCUT2D eigenvalue weighted by Gasteiger charge is 2.66. The molecule has 0 saturated carbocycles. The van der Waals surface area contributed by atoms with Crippen LogP contribution in [0.15, 0.2) is 63.8 Å². The number of benzene rings is 1. The van der Waals surface area contributed by atoms with Crippen molar-refractivity contribution < 1.29 is 28.5 Å². The Kier molecular flexibility index (Phi) is 6.05. The Hall–Kier alpha value is -3.50. The van der Waals surface area contributed by atoms with E-state index in [9.17, 15) is 19.2 Å². The molecule has 33 heavy (non-hydrogen) atoms. The fourth-order valence-electron chi connectivity index (χ4n) is 4.33. The highest BCUT2D eigenvalue weighted by molar-refractivity contribution is 5.68. The molecule has 1 saturated heterocycles. The molecule has 1 aromatic heterocycles. The van der Waals surface area contributed by atoms with Gasteiger partial charge in [-0.25, -0.2) is 4.79 Å². The van der Waals surface area contributed by atoms with Crippen molar-refractivity contribution in [3.63, 3.8) is 0 Å². The monoisotopic (exact) mass is 456 g/mol. The van der Waals surface area contributed by atoms with Crippen molar-refractivity contribution in [1.82, 2.24) is 9.55 Å². The van der Waals surface area contributed by atoms with Crippen LogP contribution in [0.2, 0.25) is 0 Å². The van der Waals surface area contributed by atoms with Gasteiger partial charge in [-0.2, -0.15) is 0 Å². The molecule has 10 nitrogen and oxygen atoms in total. The summed E-state index contributed by atoms with van der Waals surface area (Å²) in [5.74, 6) is -1.13. The molecule has 0 amide bonds. The highest BCUT2D eigenvalue weighted by Crippen LogP contribution is 2.51. The molecule has 2 aromatic rings. The van der Waals surface area contributed by atoms with Crippen molar-refractivity contribution in [1.29, 1.82) is 0 Å². The van der Waals surface area contributed by atoms with Gasteiger partial charge in [-0.05, 0) is 24.1 Å². The summed E-state index contributed by atoms with van der Waals surface area (Å²) in [5.41, 5.74) is -1.03. The zero-order valence-corrected chi connectivity index (χ0v) is 18.3. The van der Waals surface area contributed by atoms with E-state index in [0.29, 0.717) is 0 Å². The van der Waals surface area contributed by atoms with Crippen LogP contribution in [0, 0.1) is 0 Å². The predicted molar refractivity (Wildman–Crippen MR) is 114 cm³/mol. The molecular formula is C23H24N2O8. The average Bonchev–Trinajstić information content (AvgIpc) is 3.06. The summed E-state index contributed by atoms with van der Waals surface area (Å²) in [5, 5.41) is 0. The Balaban J connectivity index is 1.77. The van der Waals surface area contributed by atoms with Crippen molar-refractivity contribution in [3.8, 4) is 0 Å². The van der Waals surface area contributed by atoms with E-state index in [1.807, 2.05) is 30.3 Å². The highest BCUT2D eigenvalue weighted by atomic mass is 16.7. The lowest BCUT2D eigenvalue weighted by Crippen LogP contribution is -2.60. The van der Waals surface area contributed by atoms with Gasteiger partial charge >= 0.3 is 17.6 Å². The van der Waals surface area contributed by atoms with Crippen molar-refractivity contribution in [2.75, 3.05) is 0 Å². The quantitative estimate of drug-likeness (QED) is 0.508. The molecule has 174 valence electrons. The van der Waals surface area contributed by atoms with E-state index in [4.69, 9.17) is 18.9 Å². The number of esters is 2. The molecule has 1 aromatic carbocycles. The zero-order chi connectivity index (χ0) is 23.8. The molecule has 1 spiro atoms. The zero-order valence-electron chi connectivity index (χ0n) is 18.3. The molecule has 10 heteroatoms. The van der Waals surface area contributed by atoms with E-state index in [1.54, 1.807) is 13.0 Å². The SMILES string of the molecule is CC(=O)O[C@@H]1[C@@H](OCc2ccccc2)[C@]2(C=C(C)[C@@H]2OC(C)=O)O[C@@H]1n1ccc(=O)[nH]c1=O. The third-order valence-corrected chi connectivity index (χ3v) is 5.61. The fraction of sp³-hybridized carbons (Fsp3) is 0.391. The number of aromatic nitrogens is 2. The summed E-state index contributed by atoms with van der Waals surface area (Å²) >= 11 is 0. The Morgan fingerprint density at radius 1 is 1.09 bits per heavy atom. The molecule has 1 aliphatic heterocycles. The van der Waals surface area contributed by atoms with Crippen LogP contribution in [-0.4, -0.2) is 45.4 Å². The number of H-pyrrole nitrogens is 1. The molecule has 0 radical (unpaired) electrons. The molecule has 0 bridgehead atoms. The number of nitrogens with zero attached hydrogens (tertiary/aromatic N) is 1. The van der Waals surface area contributed by atoms with Crippen LogP contribution >= 0.6 is 0 Å². The summed E-state index contributed by atoms with van der Waals surface area (Å²) in [6, 6.07) is 10.5. The number of ether oxygens (including phenoxy) is 4. The van der Waals surface area contributed by atoms with E-state index >= 15 is 0 Å². The first kappa shape index (κ1) is 22.7. The van der Waals surface area contributed by atoms with Crippen LogP contribution in [-0.2, 0) is 35.1 Å². The van der Waals surface area contributed by atoms with E-state index in [2.05, 4.69) is 4.98 Å². The van der Waals surface area contributed by atoms with Crippen LogP contribution in [0.25, 0.3) is 0 Å². The lowest BCUT2D eigenvalue weighted by molar-refractivity contribution is -0.183. The van der Waals surface area contributed by atoms with E-state index in [-0.39, 0.29) is 6.61 Å².